The van der Waals surface area contributed by atoms with E-state index in [-0.39, 0.29) is 24.9 Å². The molecule has 2 rings (SSSR count). The van der Waals surface area contributed by atoms with Crippen LogP contribution in [0.15, 0.2) is 48.5 Å². The number of nitrogens with one attached hydrogen (secondary N) is 2. The number of carbonyl (C=O) groups is 2. The topological polar surface area (TPSA) is 67.4 Å². The fraction of sp³-hybridized carbons (Fsp3) is 0.125. The molecule has 0 aliphatic rings. The van der Waals surface area contributed by atoms with Crippen LogP contribution in [0.25, 0.3) is 0 Å². The van der Waals surface area contributed by atoms with Crippen LogP contribution in [0.3, 0.4) is 0 Å². The minimum Gasteiger partial charge on any atom is -0.484 e. The van der Waals surface area contributed by atoms with Crippen LogP contribution in [-0.2, 0) is 9.59 Å². The second-order valence-corrected chi connectivity index (χ2v) is 5.82. The summed E-state index contributed by atoms with van der Waals surface area (Å²) in [5.74, 6) is -0.771. The zero-order valence-electron chi connectivity index (χ0n) is 12.0. The molecule has 0 saturated carbocycles. The number of amides is 2. The fourth-order valence-electron chi connectivity index (χ4n) is 1.65. The number of ether oxygens (including phenoxy) is 1. The summed E-state index contributed by atoms with van der Waals surface area (Å²) in [5, 5.41) is 5.11. The van der Waals surface area contributed by atoms with Gasteiger partial charge in [0, 0.05) is 9.26 Å². The molecule has 0 saturated heterocycles. The maximum atomic E-state index is 12.7. The van der Waals surface area contributed by atoms with E-state index in [0.29, 0.717) is 11.4 Å². The first-order valence-corrected chi connectivity index (χ1v) is 7.81. The van der Waals surface area contributed by atoms with Crippen LogP contribution in [0.4, 0.5) is 10.1 Å². The molecule has 0 radical (unpaired) electrons. The quantitative estimate of drug-likeness (QED) is 0.696. The lowest BCUT2D eigenvalue weighted by atomic mass is 10.3. The molecule has 0 heterocycles. The van der Waals surface area contributed by atoms with Crippen LogP contribution in [0.5, 0.6) is 5.75 Å². The molecular weight excluding hydrogens is 414 g/mol. The standard InChI is InChI=1S/C16H14FIN2O3/c17-11-1-7-14(8-2-11)23-10-16(22)19-9-15(21)20-13-5-3-12(18)4-6-13/h1-8H,9-10H2,(H,19,22)(H,20,21). The van der Waals surface area contributed by atoms with Crippen molar-refractivity contribution in [2.24, 2.45) is 0 Å². The predicted molar refractivity (Wildman–Crippen MR) is 92.7 cm³/mol. The van der Waals surface area contributed by atoms with Crippen molar-refractivity contribution in [1.29, 1.82) is 0 Å². The average Bonchev–Trinajstić information content (AvgIpc) is 2.54. The lowest BCUT2D eigenvalue weighted by Crippen LogP contribution is -2.35. The average molecular weight is 428 g/mol. The van der Waals surface area contributed by atoms with Gasteiger partial charge in [0.15, 0.2) is 6.61 Å². The molecule has 0 aromatic heterocycles. The Morgan fingerprint density at radius 1 is 1.00 bits per heavy atom. The van der Waals surface area contributed by atoms with Crippen LogP contribution >= 0.6 is 22.6 Å². The molecule has 0 aliphatic heterocycles. The van der Waals surface area contributed by atoms with E-state index in [2.05, 4.69) is 33.2 Å². The van der Waals surface area contributed by atoms with Gasteiger partial charge in [-0.1, -0.05) is 0 Å². The first kappa shape index (κ1) is 17.2. The number of hydrogen-bond acceptors (Lipinski definition) is 3. The molecule has 2 N–H and O–H groups in total. The number of rotatable bonds is 6. The summed E-state index contributed by atoms with van der Waals surface area (Å²) in [6.45, 7) is -0.403. The maximum Gasteiger partial charge on any atom is 0.258 e. The molecule has 0 atom stereocenters. The van der Waals surface area contributed by atoms with Crippen molar-refractivity contribution in [3.05, 3.63) is 57.9 Å². The smallest absolute Gasteiger partial charge is 0.258 e. The molecular formula is C16H14FIN2O3. The molecule has 0 spiro atoms. The third-order valence-electron chi connectivity index (χ3n) is 2.76. The molecule has 23 heavy (non-hydrogen) atoms. The Labute approximate surface area is 146 Å². The molecule has 2 amide bonds. The number of anilines is 1. The Morgan fingerprint density at radius 3 is 2.30 bits per heavy atom. The van der Waals surface area contributed by atoms with Gasteiger partial charge >= 0.3 is 0 Å². The Hall–Kier alpha value is -2.16. The largest absolute Gasteiger partial charge is 0.484 e. The molecule has 5 nitrogen and oxygen atoms in total. The first-order valence-electron chi connectivity index (χ1n) is 6.73. The summed E-state index contributed by atoms with van der Waals surface area (Å²) in [7, 11) is 0. The summed E-state index contributed by atoms with van der Waals surface area (Å²) in [5.41, 5.74) is 0.659. The van der Waals surface area contributed by atoms with Gasteiger partial charge in [-0.2, -0.15) is 0 Å². The van der Waals surface area contributed by atoms with Gasteiger partial charge in [-0.05, 0) is 71.1 Å². The van der Waals surface area contributed by atoms with E-state index < -0.39 is 5.91 Å². The van der Waals surface area contributed by atoms with E-state index in [9.17, 15) is 14.0 Å². The van der Waals surface area contributed by atoms with Crippen LogP contribution in [0.2, 0.25) is 0 Å². The summed E-state index contributed by atoms with van der Waals surface area (Å²) < 4.78 is 19.0. The zero-order chi connectivity index (χ0) is 16.7. The van der Waals surface area contributed by atoms with Gasteiger partial charge in [0.05, 0.1) is 6.54 Å². The molecule has 2 aromatic rings. The van der Waals surface area contributed by atoms with Gasteiger partial charge in [-0.15, -0.1) is 0 Å². The van der Waals surface area contributed by atoms with Crippen molar-refractivity contribution in [3.63, 3.8) is 0 Å². The van der Waals surface area contributed by atoms with E-state index >= 15 is 0 Å². The number of halogens is 2. The maximum absolute atomic E-state index is 12.7. The first-order chi connectivity index (χ1) is 11.0. The van der Waals surface area contributed by atoms with Gasteiger partial charge in [-0.3, -0.25) is 9.59 Å². The van der Waals surface area contributed by atoms with Gasteiger partial charge < -0.3 is 15.4 Å². The summed E-state index contributed by atoms with van der Waals surface area (Å²) >= 11 is 2.17. The molecule has 0 bridgehead atoms. The highest BCUT2D eigenvalue weighted by molar-refractivity contribution is 14.1. The fourth-order valence-corrected chi connectivity index (χ4v) is 2.01. The number of hydrogen-bond donors (Lipinski definition) is 2. The molecule has 120 valence electrons. The van der Waals surface area contributed by atoms with Crippen molar-refractivity contribution in [2.75, 3.05) is 18.5 Å². The van der Waals surface area contributed by atoms with E-state index in [1.807, 2.05) is 12.1 Å². The Kier molecular flexibility index (Phi) is 6.33. The van der Waals surface area contributed by atoms with E-state index in [4.69, 9.17) is 4.74 Å². The molecule has 0 fully saturated rings. The lowest BCUT2D eigenvalue weighted by Gasteiger charge is -2.08. The van der Waals surface area contributed by atoms with Crippen LogP contribution in [-0.4, -0.2) is 25.0 Å². The SMILES string of the molecule is O=C(COc1ccc(F)cc1)NCC(=O)Nc1ccc(I)cc1. The summed E-state index contributed by atoms with van der Waals surface area (Å²) in [6.07, 6.45) is 0. The Morgan fingerprint density at radius 2 is 1.65 bits per heavy atom. The minimum absolute atomic E-state index is 0.155. The van der Waals surface area contributed by atoms with E-state index in [0.717, 1.165) is 3.57 Å². The minimum atomic E-state index is -0.438. The van der Waals surface area contributed by atoms with Crippen molar-refractivity contribution in [1.82, 2.24) is 5.32 Å². The van der Waals surface area contributed by atoms with Gasteiger partial charge in [0.1, 0.15) is 11.6 Å². The third kappa shape index (κ3) is 6.23. The highest BCUT2D eigenvalue weighted by Gasteiger charge is 2.07. The third-order valence-corrected chi connectivity index (χ3v) is 3.48. The highest BCUT2D eigenvalue weighted by Crippen LogP contribution is 2.11. The van der Waals surface area contributed by atoms with Crippen molar-refractivity contribution >= 4 is 40.1 Å². The van der Waals surface area contributed by atoms with Gasteiger partial charge in [-0.25, -0.2) is 4.39 Å². The number of carbonyl (C=O) groups excluding carboxylic acids is 2. The normalized spacial score (nSPS) is 10.0. The van der Waals surface area contributed by atoms with Crippen molar-refractivity contribution in [3.8, 4) is 5.75 Å². The summed E-state index contributed by atoms with van der Waals surface area (Å²) in [6, 6.07) is 12.6. The predicted octanol–water partition coefficient (Wildman–Crippen LogP) is 2.56. The molecule has 7 heteroatoms. The van der Waals surface area contributed by atoms with E-state index in [1.54, 1.807) is 12.1 Å². The number of benzene rings is 2. The molecule has 0 unspecified atom stereocenters. The summed E-state index contributed by atoms with van der Waals surface area (Å²) in [4.78, 5) is 23.3. The zero-order valence-corrected chi connectivity index (χ0v) is 14.2. The van der Waals surface area contributed by atoms with Gasteiger partial charge in [0.2, 0.25) is 5.91 Å². The van der Waals surface area contributed by atoms with Gasteiger partial charge in [0.25, 0.3) is 5.91 Å². The highest BCUT2D eigenvalue weighted by atomic mass is 127. The van der Waals surface area contributed by atoms with Crippen LogP contribution < -0.4 is 15.4 Å². The van der Waals surface area contributed by atoms with Crippen LogP contribution in [0.1, 0.15) is 0 Å². The molecule has 0 aliphatic carbocycles. The second-order valence-electron chi connectivity index (χ2n) is 4.57. The second kappa shape index (κ2) is 8.47. The lowest BCUT2D eigenvalue weighted by molar-refractivity contribution is -0.125. The monoisotopic (exact) mass is 428 g/mol. The Bertz CT molecular complexity index is 675. The Balaban J connectivity index is 1.70. The van der Waals surface area contributed by atoms with Crippen molar-refractivity contribution < 1.29 is 18.7 Å². The molecule has 2 aromatic carbocycles. The van der Waals surface area contributed by atoms with Crippen LogP contribution in [0, 0.1) is 9.39 Å². The van der Waals surface area contributed by atoms with E-state index in [1.165, 1.54) is 24.3 Å². The van der Waals surface area contributed by atoms with Crippen molar-refractivity contribution in [2.45, 2.75) is 0 Å².